The number of fused-ring (bicyclic) bond motifs is 4. The number of allylic oxidation sites excluding steroid dienone is 6. The molecule has 60 heavy (non-hydrogen) atoms. The predicted molar refractivity (Wildman–Crippen MR) is 239 cm³/mol. The maximum absolute atomic E-state index is 13.9. The van der Waals surface area contributed by atoms with Gasteiger partial charge in [-0.05, 0) is 131 Å². The van der Waals surface area contributed by atoms with Gasteiger partial charge in [-0.3, -0.25) is 0 Å². The number of nitriles is 1. The zero-order chi connectivity index (χ0) is 42.7. The molecular weight excluding hydrogens is 749 g/mol. The van der Waals surface area contributed by atoms with Crippen LogP contribution < -0.4 is 21.1 Å². The average Bonchev–Trinajstić information content (AvgIpc) is 3.18. The molecule has 7 heterocycles. The number of hydrogen-bond acceptors (Lipinski definition) is 8. The minimum Gasteiger partial charge on any atom is -0.457 e. The van der Waals surface area contributed by atoms with Crippen molar-refractivity contribution in [1.29, 1.82) is 5.26 Å². The standard InChI is InChI=1S/C51H52N4O5/c1-29-35(47(57)60-45-36(29)27-38-43-41(45)51(8,9)18-22-55(43)20-16-49(38,4)5)14-13-34-25-31(39(28-52)53-10)24-33(58-34)12-11-30-23-32-26-37-42-40(44(32)59-46(30)56)50(6,7)17-21-54(42)19-15-48(37,2)3/h11-14,23-27H,15-22H2,1-9H3. The van der Waals surface area contributed by atoms with E-state index in [4.69, 9.17) is 20.1 Å². The lowest BCUT2D eigenvalue weighted by molar-refractivity contribution is 0.332. The van der Waals surface area contributed by atoms with Crippen LogP contribution in [0.2, 0.25) is 0 Å². The lowest BCUT2D eigenvalue weighted by Gasteiger charge is -2.48. The van der Waals surface area contributed by atoms with Crippen molar-refractivity contribution in [3.05, 3.63) is 136 Å². The molecule has 5 aliphatic heterocycles. The quantitative estimate of drug-likeness (QED) is 0.114. The molecule has 0 saturated heterocycles. The Morgan fingerprint density at radius 1 is 0.717 bits per heavy atom. The fraction of sp³-hybridized carbons (Fsp3) is 0.412. The number of anilines is 2. The molecule has 4 aromatic rings. The van der Waals surface area contributed by atoms with Crippen LogP contribution in [-0.2, 0) is 26.4 Å². The van der Waals surface area contributed by atoms with Crippen LogP contribution in [0.5, 0.6) is 0 Å². The highest BCUT2D eigenvalue weighted by Crippen LogP contribution is 2.53. The summed E-state index contributed by atoms with van der Waals surface area (Å²) in [5, 5.41) is 11.6. The highest BCUT2D eigenvalue weighted by atomic mass is 16.5. The van der Waals surface area contributed by atoms with E-state index in [2.05, 4.69) is 82.2 Å². The largest absolute Gasteiger partial charge is 0.457 e. The van der Waals surface area contributed by atoms with E-state index in [1.165, 1.54) is 22.5 Å². The third-order valence-corrected chi connectivity index (χ3v) is 14.1. The predicted octanol–water partition coefficient (Wildman–Crippen LogP) is 10.8. The number of hydrogen-bond donors (Lipinski definition) is 0. The van der Waals surface area contributed by atoms with Gasteiger partial charge in [0.15, 0.2) is 0 Å². The summed E-state index contributed by atoms with van der Waals surface area (Å²) >= 11 is 0. The molecule has 9 nitrogen and oxygen atoms in total. The summed E-state index contributed by atoms with van der Waals surface area (Å²) in [6.07, 6.45) is 13.9. The lowest BCUT2D eigenvalue weighted by Crippen LogP contribution is -2.44. The van der Waals surface area contributed by atoms with E-state index in [0.717, 1.165) is 79.3 Å². The second kappa shape index (κ2) is 13.5. The number of benzene rings is 2. The Hall–Kier alpha value is -6.06. The summed E-state index contributed by atoms with van der Waals surface area (Å²) in [5.41, 5.74) is 8.94. The van der Waals surface area contributed by atoms with Crippen LogP contribution in [-0.4, -0.2) is 26.2 Å². The monoisotopic (exact) mass is 800 g/mol. The zero-order valence-electron chi connectivity index (χ0n) is 36.2. The van der Waals surface area contributed by atoms with E-state index >= 15 is 0 Å². The minimum atomic E-state index is -0.465. The van der Waals surface area contributed by atoms with Gasteiger partial charge in [0.05, 0.1) is 23.8 Å². The number of nitrogens with zero attached hydrogens (tertiary/aromatic N) is 4. The Balaban J connectivity index is 1.09. The molecule has 306 valence electrons. The molecule has 2 aromatic carbocycles. The number of aryl methyl sites for hydroxylation is 1. The summed E-state index contributed by atoms with van der Waals surface area (Å²) < 4.78 is 18.7. The smallest absolute Gasteiger partial charge is 0.343 e. The molecule has 0 unspecified atom stereocenters. The van der Waals surface area contributed by atoms with Crippen molar-refractivity contribution < 1.29 is 13.6 Å². The zero-order valence-corrected chi connectivity index (χ0v) is 36.2. The lowest BCUT2D eigenvalue weighted by atomic mass is 9.69. The van der Waals surface area contributed by atoms with Crippen LogP contribution in [0.4, 0.5) is 11.4 Å². The summed E-state index contributed by atoms with van der Waals surface area (Å²) in [6, 6.07) is 8.28. The first-order valence-electron chi connectivity index (χ1n) is 21.1. The van der Waals surface area contributed by atoms with E-state index in [9.17, 15) is 14.9 Å². The van der Waals surface area contributed by atoms with E-state index in [-0.39, 0.29) is 27.4 Å². The van der Waals surface area contributed by atoms with Crippen LogP contribution in [0.1, 0.15) is 120 Å². The molecule has 5 aliphatic rings. The molecule has 0 bridgehead atoms. The van der Waals surface area contributed by atoms with Gasteiger partial charge in [-0.1, -0.05) is 55.4 Å². The second-order valence-corrected chi connectivity index (χ2v) is 19.9. The van der Waals surface area contributed by atoms with Crippen LogP contribution in [0.15, 0.2) is 83.7 Å². The van der Waals surface area contributed by atoms with Gasteiger partial charge < -0.3 is 23.4 Å². The van der Waals surface area contributed by atoms with Crippen molar-refractivity contribution in [1.82, 2.24) is 0 Å². The summed E-state index contributed by atoms with van der Waals surface area (Å²) in [4.78, 5) is 35.9. The molecule has 0 amide bonds. The minimum absolute atomic E-state index is 0.0348. The van der Waals surface area contributed by atoms with Crippen LogP contribution in [0.25, 0.3) is 38.9 Å². The SMILES string of the molecule is [C-]#[N+]C(C#N)=C1C=C(C=Cc2cc3cc4c5c(c3oc2=O)C(C)(C)CCN5CCC4(C)C)OC(C=Cc2c(C)c3cc4c5c(c3oc2=O)C(C)(C)CCN5CCC4(C)C)=C1. The molecule has 0 saturated carbocycles. The van der Waals surface area contributed by atoms with Gasteiger partial charge in [-0.2, -0.15) is 0 Å². The molecule has 9 heteroatoms. The van der Waals surface area contributed by atoms with Gasteiger partial charge in [0, 0.05) is 59.5 Å². The first kappa shape index (κ1) is 39.4. The van der Waals surface area contributed by atoms with Gasteiger partial charge in [0.2, 0.25) is 0 Å². The van der Waals surface area contributed by atoms with E-state index in [0.29, 0.717) is 39.4 Å². The Labute approximate surface area is 351 Å². The van der Waals surface area contributed by atoms with Gasteiger partial charge in [-0.25, -0.2) is 19.7 Å². The normalized spacial score (nSPS) is 21.5. The molecule has 0 spiro atoms. The fourth-order valence-corrected chi connectivity index (χ4v) is 10.2. The number of rotatable bonds is 4. The second-order valence-electron chi connectivity index (χ2n) is 19.9. The molecule has 9 rings (SSSR count). The molecule has 0 atom stereocenters. The first-order chi connectivity index (χ1) is 28.3. The average molecular weight is 801 g/mol. The first-order valence-corrected chi connectivity index (χ1v) is 21.1. The molecule has 0 N–H and O–H groups in total. The Morgan fingerprint density at radius 2 is 1.23 bits per heavy atom. The maximum atomic E-state index is 13.9. The Bertz CT molecular complexity index is 2930. The van der Waals surface area contributed by atoms with Crippen LogP contribution in [0.3, 0.4) is 0 Å². The van der Waals surface area contributed by atoms with E-state index in [1.807, 2.05) is 19.1 Å². The Morgan fingerprint density at radius 3 is 1.80 bits per heavy atom. The number of ether oxygens (including phenoxy) is 1. The fourth-order valence-electron chi connectivity index (χ4n) is 10.2. The molecule has 2 aromatic heterocycles. The molecular formula is C51H52N4O5. The highest BCUT2D eigenvalue weighted by Gasteiger charge is 2.43. The van der Waals surface area contributed by atoms with Crippen molar-refractivity contribution in [2.45, 2.75) is 110 Å². The van der Waals surface area contributed by atoms with Gasteiger partial charge >= 0.3 is 11.3 Å². The van der Waals surface area contributed by atoms with E-state index in [1.54, 1.807) is 36.5 Å². The molecule has 0 aliphatic carbocycles. The van der Waals surface area contributed by atoms with Crippen molar-refractivity contribution in [2.75, 3.05) is 36.0 Å². The van der Waals surface area contributed by atoms with Gasteiger partial charge in [-0.15, -0.1) is 0 Å². The topological polar surface area (TPSA) is 104 Å². The van der Waals surface area contributed by atoms with Crippen molar-refractivity contribution >= 4 is 45.5 Å². The van der Waals surface area contributed by atoms with Crippen LogP contribution in [0, 0.1) is 24.8 Å². The van der Waals surface area contributed by atoms with Gasteiger partial charge in [0.1, 0.15) is 22.7 Å². The van der Waals surface area contributed by atoms with E-state index < -0.39 is 11.3 Å². The van der Waals surface area contributed by atoms with Crippen molar-refractivity contribution in [2.24, 2.45) is 0 Å². The summed E-state index contributed by atoms with van der Waals surface area (Å²) in [5.74, 6) is 0.620. The van der Waals surface area contributed by atoms with Crippen molar-refractivity contribution in [3.63, 3.8) is 0 Å². The Kier molecular flexibility index (Phi) is 8.85. The third kappa shape index (κ3) is 6.16. The summed E-state index contributed by atoms with van der Waals surface area (Å²) in [7, 11) is 0. The molecule has 0 radical (unpaired) electrons. The maximum Gasteiger partial charge on any atom is 0.343 e. The highest BCUT2D eigenvalue weighted by molar-refractivity contribution is 5.94. The third-order valence-electron chi connectivity index (χ3n) is 14.1. The molecule has 0 fully saturated rings. The van der Waals surface area contributed by atoms with Gasteiger partial charge in [0.25, 0.3) is 5.70 Å². The summed E-state index contributed by atoms with van der Waals surface area (Å²) in [6.45, 7) is 31.7. The van der Waals surface area contributed by atoms with Crippen LogP contribution >= 0.6 is 0 Å². The van der Waals surface area contributed by atoms with Crippen molar-refractivity contribution in [3.8, 4) is 6.07 Å².